The average Bonchev–Trinajstić information content (AvgIpc) is 2.30. The Morgan fingerprint density at radius 1 is 1.06 bits per heavy atom. The molecular formula is C15H29NO. The van der Waals surface area contributed by atoms with Gasteiger partial charge in [-0.25, -0.2) is 0 Å². The van der Waals surface area contributed by atoms with Crippen molar-refractivity contribution in [2.24, 2.45) is 5.92 Å². The van der Waals surface area contributed by atoms with Crippen LogP contribution < -0.4 is 0 Å². The van der Waals surface area contributed by atoms with Crippen molar-refractivity contribution in [3.05, 3.63) is 0 Å². The van der Waals surface area contributed by atoms with E-state index in [1.54, 1.807) is 0 Å². The molecule has 0 unspecified atom stereocenters. The molecule has 17 heavy (non-hydrogen) atoms. The minimum absolute atomic E-state index is 0.379. The van der Waals surface area contributed by atoms with Gasteiger partial charge in [-0.05, 0) is 51.5 Å². The van der Waals surface area contributed by atoms with Crippen molar-refractivity contribution in [1.82, 2.24) is 4.90 Å². The predicted octanol–water partition coefficient (Wildman–Crippen LogP) is 3.19. The summed E-state index contributed by atoms with van der Waals surface area (Å²) in [4.78, 5) is 2.44. The number of nitrogens with zero attached hydrogens (tertiary/aromatic N) is 1. The zero-order valence-electron chi connectivity index (χ0n) is 11.6. The van der Waals surface area contributed by atoms with Crippen LogP contribution in [-0.2, 0) is 0 Å². The van der Waals surface area contributed by atoms with E-state index in [9.17, 15) is 5.11 Å². The number of likely N-dealkylation sites (N-methyl/N-ethyl adjacent to an activating group) is 1. The third-order valence-corrected chi connectivity index (χ3v) is 4.94. The summed E-state index contributed by atoms with van der Waals surface area (Å²) >= 11 is 0. The molecule has 0 aromatic heterocycles. The van der Waals surface area contributed by atoms with Gasteiger partial charge in [0.2, 0.25) is 0 Å². The maximum atomic E-state index is 10.6. The highest BCUT2D eigenvalue weighted by Gasteiger charge is 2.32. The molecule has 0 amide bonds. The summed E-state index contributed by atoms with van der Waals surface area (Å²) in [6.45, 7) is 3.26. The molecule has 2 aliphatic carbocycles. The van der Waals surface area contributed by atoms with Crippen LogP contribution in [0.3, 0.4) is 0 Å². The Kier molecular flexibility index (Phi) is 4.48. The zero-order chi connectivity index (χ0) is 12.3. The van der Waals surface area contributed by atoms with Gasteiger partial charge in [0, 0.05) is 12.6 Å². The van der Waals surface area contributed by atoms with Crippen LogP contribution in [0.1, 0.15) is 64.7 Å². The Morgan fingerprint density at radius 3 is 2.24 bits per heavy atom. The Labute approximate surface area is 106 Å². The van der Waals surface area contributed by atoms with Crippen molar-refractivity contribution in [3.8, 4) is 0 Å². The number of aliphatic hydroxyl groups is 1. The average molecular weight is 239 g/mol. The summed E-state index contributed by atoms with van der Waals surface area (Å²) < 4.78 is 0. The molecule has 0 spiro atoms. The van der Waals surface area contributed by atoms with Crippen molar-refractivity contribution in [2.75, 3.05) is 13.6 Å². The number of hydrogen-bond donors (Lipinski definition) is 1. The van der Waals surface area contributed by atoms with Gasteiger partial charge in [0.1, 0.15) is 0 Å². The Hall–Kier alpha value is -0.0800. The molecule has 2 heteroatoms. The lowest BCUT2D eigenvalue weighted by Gasteiger charge is -2.40. The van der Waals surface area contributed by atoms with Crippen LogP contribution in [0.25, 0.3) is 0 Å². The molecule has 0 aromatic rings. The summed E-state index contributed by atoms with van der Waals surface area (Å²) in [5, 5.41) is 10.6. The molecule has 2 aliphatic rings. The number of rotatable bonds is 3. The van der Waals surface area contributed by atoms with Crippen molar-refractivity contribution < 1.29 is 5.11 Å². The summed E-state index contributed by atoms with van der Waals surface area (Å²) in [7, 11) is 2.22. The Balaban J connectivity index is 1.81. The topological polar surface area (TPSA) is 23.5 Å². The highest BCUT2D eigenvalue weighted by molar-refractivity contribution is 4.87. The van der Waals surface area contributed by atoms with Gasteiger partial charge in [0.15, 0.2) is 0 Å². The molecule has 0 radical (unpaired) electrons. The first-order valence-corrected chi connectivity index (χ1v) is 7.52. The van der Waals surface area contributed by atoms with Gasteiger partial charge < -0.3 is 10.0 Å². The molecular weight excluding hydrogens is 210 g/mol. The van der Waals surface area contributed by atoms with E-state index in [0.29, 0.717) is 0 Å². The molecule has 2 nitrogen and oxygen atoms in total. The summed E-state index contributed by atoms with van der Waals surface area (Å²) in [6, 6.07) is 0.720. The van der Waals surface area contributed by atoms with Gasteiger partial charge >= 0.3 is 0 Å². The fourth-order valence-corrected chi connectivity index (χ4v) is 3.64. The Bertz CT molecular complexity index is 227. The molecule has 0 heterocycles. The third-order valence-electron chi connectivity index (χ3n) is 4.94. The van der Waals surface area contributed by atoms with Crippen molar-refractivity contribution in [2.45, 2.75) is 76.4 Å². The van der Waals surface area contributed by atoms with E-state index < -0.39 is 0 Å². The highest BCUT2D eigenvalue weighted by atomic mass is 16.3. The molecule has 2 rings (SSSR count). The van der Waals surface area contributed by atoms with Crippen molar-refractivity contribution >= 4 is 0 Å². The Morgan fingerprint density at radius 2 is 1.65 bits per heavy atom. The first-order valence-electron chi connectivity index (χ1n) is 7.52. The molecule has 0 atom stereocenters. The van der Waals surface area contributed by atoms with Crippen LogP contribution in [0.5, 0.6) is 0 Å². The van der Waals surface area contributed by atoms with Crippen LogP contribution in [0.4, 0.5) is 0 Å². The maximum absolute atomic E-state index is 10.6. The fraction of sp³-hybridized carbons (Fsp3) is 1.00. The van der Waals surface area contributed by atoms with Crippen molar-refractivity contribution in [1.29, 1.82) is 0 Å². The van der Waals surface area contributed by atoms with E-state index in [1.165, 1.54) is 44.9 Å². The van der Waals surface area contributed by atoms with Crippen LogP contribution >= 0.6 is 0 Å². The van der Waals surface area contributed by atoms with E-state index in [0.717, 1.165) is 31.3 Å². The SMILES string of the molecule is CC1CCC(N(C)CC2(O)CCCCC2)CC1. The lowest BCUT2D eigenvalue weighted by molar-refractivity contribution is -0.0333. The quantitative estimate of drug-likeness (QED) is 0.817. The summed E-state index contributed by atoms with van der Waals surface area (Å²) in [5.74, 6) is 0.914. The van der Waals surface area contributed by atoms with Gasteiger partial charge in [0.25, 0.3) is 0 Å². The summed E-state index contributed by atoms with van der Waals surface area (Å²) in [6.07, 6.45) is 11.2. The van der Waals surface area contributed by atoms with E-state index in [4.69, 9.17) is 0 Å². The van der Waals surface area contributed by atoms with Crippen LogP contribution in [0, 0.1) is 5.92 Å². The second-order valence-electron chi connectivity index (χ2n) is 6.61. The van der Waals surface area contributed by atoms with Crippen LogP contribution in [0.15, 0.2) is 0 Å². The smallest absolute Gasteiger partial charge is 0.0774 e. The standard InChI is InChI=1S/C15H29NO/c1-13-6-8-14(9-7-13)16(2)12-15(17)10-4-3-5-11-15/h13-14,17H,3-12H2,1-2H3. The second kappa shape index (κ2) is 5.71. The molecule has 1 N–H and O–H groups in total. The van der Waals surface area contributed by atoms with Gasteiger partial charge in [-0.1, -0.05) is 26.2 Å². The molecule has 2 saturated carbocycles. The molecule has 0 aliphatic heterocycles. The molecule has 2 fully saturated rings. The van der Waals surface area contributed by atoms with E-state index in [-0.39, 0.29) is 5.60 Å². The molecule has 0 saturated heterocycles. The van der Waals surface area contributed by atoms with Crippen LogP contribution in [0.2, 0.25) is 0 Å². The fourth-order valence-electron chi connectivity index (χ4n) is 3.64. The minimum Gasteiger partial charge on any atom is -0.389 e. The van der Waals surface area contributed by atoms with E-state index in [1.807, 2.05) is 0 Å². The molecule has 0 bridgehead atoms. The van der Waals surface area contributed by atoms with Gasteiger partial charge in [-0.3, -0.25) is 0 Å². The zero-order valence-corrected chi connectivity index (χ0v) is 11.6. The predicted molar refractivity (Wildman–Crippen MR) is 72.1 cm³/mol. The normalized spacial score (nSPS) is 33.9. The third kappa shape index (κ3) is 3.69. The molecule has 100 valence electrons. The lowest BCUT2D eigenvalue weighted by atomic mass is 9.82. The first kappa shape index (κ1) is 13.4. The van der Waals surface area contributed by atoms with Crippen LogP contribution in [-0.4, -0.2) is 35.2 Å². The van der Waals surface area contributed by atoms with Gasteiger partial charge in [-0.2, -0.15) is 0 Å². The van der Waals surface area contributed by atoms with Gasteiger partial charge in [-0.15, -0.1) is 0 Å². The lowest BCUT2D eigenvalue weighted by Crippen LogP contribution is -2.47. The number of hydrogen-bond acceptors (Lipinski definition) is 2. The highest BCUT2D eigenvalue weighted by Crippen LogP contribution is 2.31. The van der Waals surface area contributed by atoms with Crippen molar-refractivity contribution in [3.63, 3.8) is 0 Å². The minimum atomic E-state index is -0.379. The first-order chi connectivity index (χ1) is 8.09. The largest absolute Gasteiger partial charge is 0.389 e. The molecule has 0 aromatic carbocycles. The van der Waals surface area contributed by atoms with E-state index >= 15 is 0 Å². The maximum Gasteiger partial charge on any atom is 0.0774 e. The van der Waals surface area contributed by atoms with Gasteiger partial charge in [0.05, 0.1) is 5.60 Å². The van der Waals surface area contributed by atoms with E-state index in [2.05, 4.69) is 18.9 Å². The monoisotopic (exact) mass is 239 g/mol. The second-order valence-corrected chi connectivity index (χ2v) is 6.61. The summed E-state index contributed by atoms with van der Waals surface area (Å²) in [5.41, 5.74) is -0.379.